The quantitative estimate of drug-likeness (QED) is 0.597. The molecule has 0 saturated heterocycles. The summed E-state index contributed by atoms with van der Waals surface area (Å²) >= 11 is 5.89. The van der Waals surface area contributed by atoms with Crippen LogP contribution in [-0.2, 0) is 20.7 Å². The number of rotatable bonds is 6. The number of carbonyl (C=O) groups is 2. The summed E-state index contributed by atoms with van der Waals surface area (Å²) in [5.41, 5.74) is 0.507. The fourth-order valence-electron chi connectivity index (χ4n) is 1.97. The molecule has 110 valence electrons. The molecule has 1 atom stereocenters. The first kappa shape index (κ1) is 16.6. The van der Waals surface area contributed by atoms with Crippen LogP contribution in [-0.4, -0.2) is 18.4 Å². The minimum Gasteiger partial charge on any atom is -0.465 e. The summed E-state index contributed by atoms with van der Waals surface area (Å²) in [5, 5.41) is 0.185. The highest BCUT2D eigenvalue weighted by atomic mass is 35.5. The number of benzene rings is 1. The van der Waals surface area contributed by atoms with Crippen LogP contribution in [0.4, 0.5) is 4.39 Å². The van der Waals surface area contributed by atoms with E-state index in [-0.39, 0.29) is 29.8 Å². The summed E-state index contributed by atoms with van der Waals surface area (Å²) in [6, 6.07) is 3.85. The molecule has 0 aliphatic rings. The standard InChI is InChI=1S/C15H18ClFO3/c1-4-20-15(19)14(9(2)3)13(18)7-10-5-6-11(17)8-12(10)16/h5-6,8-9,14H,4,7H2,1-3H3. The van der Waals surface area contributed by atoms with Gasteiger partial charge in [-0.25, -0.2) is 4.39 Å². The highest BCUT2D eigenvalue weighted by Crippen LogP contribution is 2.22. The molecule has 1 aromatic carbocycles. The van der Waals surface area contributed by atoms with E-state index >= 15 is 0 Å². The average Bonchev–Trinajstić information content (AvgIpc) is 2.32. The number of halogens is 2. The molecule has 1 unspecified atom stereocenters. The van der Waals surface area contributed by atoms with Gasteiger partial charge in [-0.3, -0.25) is 9.59 Å². The van der Waals surface area contributed by atoms with Gasteiger partial charge in [0.2, 0.25) is 0 Å². The first-order valence-corrected chi connectivity index (χ1v) is 6.87. The van der Waals surface area contributed by atoms with Crippen LogP contribution in [0.5, 0.6) is 0 Å². The topological polar surface area (TPSA) is 43.4 Å². The first-order valence-electron chi connectivity index (χ1n) is 6.50. The highest BCUT2D eigenvalue weighted by Gasteiger charge is 2.31. The van der Waals surface area contributed by atoms with E-state index in [0.29, 0.717) is 5.56 Å². The van der Waals surface area contributed by atoms with E-state index in [4.69, 9.17) is 16.3 Å². The van der Waals surface area contributed by atoms with Crippen LogP contribution in [0, 0.1) is 17.7 Å². The fraction of sp³-hybridized carbons (Fsp3) is 0.467. The van der Waals surface area contributed by atoms with E-state index in [1.807, 2.05) is 0 Å². The van der Waals surface area contributed by atoms with Crippen molar-refractivity contribution in [1.29, 1.82) is 0 Å². The zero-order valence-electron chi connectivity index (χ0n) is 11.8. The maximum atomic E-state index is 13.0. The Morgan fingerprint density at radius 3 is 2.50 bits per heavy atom. The zero-order valence-corrected chi connectivity index (χ0v) is 12.5. The minimum atomic E-state index is -0.823. The molecule has 0 bridgehead atoms. The Morgan fingerprint density at radius 1 is 1.35 bits per heavy atom. The Bertz CT molecular complexity index is 500. The second-order valence-corrected chi connectivity index (χ2v) is 5.26. The summed E-state index contributed by atoms with van der Waals surface area (Å²) in [4.78, 5) is 24.1. The van der Waals surface area contributed by atoms with Crippen molar-refractivity contribution in [2.45, 2.75) is 27.2 Å². The third-order valence-electron chi connectivity index (χ3n) is 2.93. The number of ether oxygens (including phenoxy) is 1. The molecule has 0 saturated carbocycles. The maximum absolute atomic E-state index is 13.0. The van der Waals surface area contributed by atoms with Crippen LogP contribution < -0.4 is 0 Å². The van der Waals surface area contributed by atoms with Gasteiger partial charge in [0.1, 0.15) is 11.7 Å². The van der Waals surface area contributed by atoms with Gasteiger partial charge in [-0.05, 0) is 30.5 Å². The predicted molar refractivity (Wildman–Crippen MR) is 75.1 cm³/mol. The lowest BCUT2D eigenvalue weighted by Crippen LogP contribution is -2.31. The predicted octanol–water partition coefficient (Wildman–Crippen LogP) is 3.43. The molecule has 20 heavy (non-hydrogen) atoms. The van der Waals surface area contributed by atoms with Crippen molar-refractivity contribution in [2.24, 2.45) is 11.8 Å². The van der Waals surface area contributed by atoms with E-state index in [1.165, 1.54) is 12.1 Å². The van der Waals surface area contributed by atoms with Crippen molar-refractivity contribution in [1.82, 2.24) is 0 Å². The molecular formula is C15H18ClFO3. The lowest BCUT2D eigenvalue weighted by atomic mass is 9.88. The summed E-state index contributed by atoms with van der Waals surface area (Å²) < 4.78 is 17.9. The largest absolute Gasteiger partial charge is 0.465 e. The SMILES string of the molecule is CCOC(=O)C(C(=O)Cc1ccc(F)cc1Cl)C(C)C. The van der Waals surface area contributed by atoms with Gasteiger partial charge < -0.3 is 4.74 Å². The number of Topliss-reactive ketones (excluding diaryl/α,β-unsaturated/α-hetero) is 1. The molecule has 0 aromatic heterocycles. The summed E-state index contributed by atoms with van der Waals surface area (Å²) in [6.07, 6.45) is -0.0131. The van der Waals surface area contributed by atoms with Gasteiger partial charge in [-0.1, -0.05) is 31.5 Å². The Kier molecular flexibility index (Phi) is 6.14. The van der Waals surface area contributed by atoms with Crippen molar-refractivity contribution in [3.8, 4) is 0 Å². The van der Waals surface area contributed by atoms with Crippen LogP contribution in [0.15, 0.2) is 18.2 Å². The van der Waals surface area contributed by atoms with Gasteiger partial charge >= 0.3 is 5.97 Å². The Hall–Kier alpha value is -1.42. The van der Waals surface area contributed by atoms with Crippen LogP contribution in [0.1, 0.15) is 26.3 Å². The molecule has 0 fully saturated rings. The molecule has 0 N–H and O–H groups in total. The summed E-state index contributed by atoms with van der Waals surface area (Å²) in [6.45, 7) is 5.49. The van der Waals surface area contributed by atoms with Gasteiger partial charge in [-0.15, -0.1) is 0 Å². The molecule has 0 aliphatic carbocycles. The van der Waals surface area contributed by atoms with E-state index < -0.39 is 17.7 Å². The van der Waals surface area contributed by atoms with Crippen LogP contribution >= 0.6 is 11.6 Å². The smallest absolute Gasteiger partial charge is 0.316 e. The number of carbonyl (C=O) groups excluding carboxylic acids is 2. The van der Waals surface area contributed by atoms with Crippen molar-refractivity contribution < 1.29 is 18.7 Å². The Balaban J connectivity index is 2.88. The van der Waals surface area contributed by atoms with E-state index in [9.17, 15) is 14.0 Å². The van der Waals surface area contributed by atoms with Crippen LogP contribution in [0.2, 0.25) is 5.02 Å². The number of ketones is 1. The summed E-state index contributed by atoms with van der Waals surface area (Å²) in [5.74, 6) is -2.24. The average molecular weight is 301 g/mol. The third kappa shape index (κ3) is 4.30. The van der Waals surface area contributed by atoms with Crippen molar-refractivity contribution in [2.75, 3.05) is 6.61 Å². The van der Waals surface area contributed by atoms with Crippen molar-refractivity contribution in [3.63, 3.8) is 0 Å². The molecular weight excluding hydrogens is 283 g/mol. The molecule has 0 amide bonds. The third-order valence-corrected chi connectivity index (χ3v) is 3.29. The van der Waals surface area contributed by atoms with Gasteiger partial charge in [0.05, 0.1) is 6.61 Å². The van der Waals surface area contributed by atoms with Crippen LogP contribution in [0.25, 0.3) is 0 Å². The maximum Gasteiger partial charge on any atom is 0.316 e. The molecule has 1 rings (SSSR count). The first-order chi connectivity index (χ1) is 9.36. The number of hydrogen-bond acceptors (Lipinski definition) is 3. The van der Waals surface area contributed by atoms with Gasteiger partial charge in [0.15, 0.2) is 5.78 Å². The van der Waals surface area contributed by atoms with E-state index in [0.717, 1.165) is 6.07 Å². The lowest BCUT2D eigenvalue weighted by molar-refractivity contribution is -0.153. The molecule has 1 aromatic rings. The van der Waals surface area contributed by atoms with E-state index in [2.05, 4.69) is 0 Å². The zero-order chi connectivity index (χ0) is 15.3. The molecule has 3 nitrogen and oxygen atoms in total. The molecule has 0 heterocycles. The molecule has 0 radical (unpaired) electrons. The highest BCUT2D eigenvalue weighted by molar-refractivity contribution is 6.31. The second kappa shape index (κ2) is 7.39. The Labute approximate surface area is 123 Å². The Morgan fingerprint density at radius 2 is 2.00 bits per heavy atom. The van der Waals surface area contributed by atoms with Gasteiger partial charge in [0, 0.05) is 11.4 Å². The number of hydrogen-bond donors (Lipinski definition) is 0. The lowest BCUT2D eigenvalue weighted by Gasteiger charge is -2.18. The molecule has 0 spiro atoms. The monoisotopic (exact) mass is 300 g/mol. The number of esters is 1. The fourth-order valence-corrected chi connectivity index (χ4v) is 2.20. The van der Waals surface area contributed by atoms with Crippen molar-refractivity contribution in [3.05, 3.63) is 34.6 Å². The molecule has 5 heteroatoms. The summed E-state index contributed by atoms with van der Waals surface area (Å²) in [7, 11) is 0. The molecule has 0 aliphatic heterocycles. The second-order valence-electron chi connectivity index (χ2n) is 4.85. The van der Waals surface area contributed by atoms with Crippen LogP contribution in [0.3, 0.4) is 0 Å². The van der Waals surface area contributed by atoms with Gasteiger partial charge in [-0.2, -0.15) is 0 Å². The van der Waals surface area contributed by atoms with Gasteiger partial charge in [0.25, 0.3) is 0 Å². The normalized spacial score (nSPS) is 12.3. The van der Waals surface area contributed by atoms with E-state index in [1.54, 1.807) is 20.8 Å². The minimum absolute atomic E-state index is 0.0131. The van der Waals surface area contributed by atoms with Crippen molar-refractivity contribution >= 4 is 23.4 Å².